The number of aromatic amines is 1. The van der Waals surface area contributed by atoms with Crippen molar-refractivity contribution in [3.05, 3.63) is 46.6 Å². The van der Waals surface area contributed by atoms with Gasteiger partial charge in [0.05, 0.1) is 15.7 Å². The molecule has 0 amide bonds. The molecule has 0 radical (unpaired) electrons. The Hall–Kier alpha value is -0.920. The average Bonchev–Trinajstić information content (AvgIpc) is 2.49. The van der Waals surface area contributed by atoms with Crippen LogP contribution in [0.1, 0.15) is 0 Å². The molecule has 2 aromatic rings. The zero-order chi connectivity index (χ0) is 9.26. The van der Waals surface area contributed by atoms with E-state index in [0.717, 1.165) is 11.3 Å². The molecule has 1 heterocycles. The molecule has 2 rings (SSSR count). The lowest BCUT2D eigenvalue weighted by atomic mass is 10.2. The van der Waals surface area contributed by atoms with Crippen LogP contribution in [0.4, 0.5) is 0 Å². The molecule has 0 saturated carbocycles. The molecule has 1 aromatic heterocycles. The molecule has 0 spiro atoms. The number of H-pyrrole nitrogens is 1. The van der Waals surface area contributed by atoms with Crippen LogP contribution in [0.3, 0.4) is 0 Å². The molecule has 3 heteroatoms. The summed E-state index contributed by atoms with van der Waals surface area (Å²) in [4.78, 5) is 3.03. The lowest BCUT2D eigenvalue weighted by molar-refractivity contribution is 1.40. The van der Waals surface area contributed by atoms with Crippen molar-refractivity contribution in [2.24, 2.45) is 0 Å². The number of nitrogens with one attached hydrogen (secondary N) is 1. The fourth-order valence-corrected chi connectivity index (χ4v) is 1.56. The summed E-state index contributed by atoms with van der Waals surface area (Å²) in [6.07, 6.45) is 1.69. The van der Waals surface area contributed by atoms with Gasteiger partial charge in [-0.25, -0.2) is 0 Å². The maximum Gasteiger partial charge on any atom is 0.0847 e. The Kier molecular flexibility index (Phi) is 2.30. The predicted molar refractivity (Wildman–Crippen MR) is 56.2 cm³/mol. The molecular weight excluding hydrogens is 205 g/mol. The summed E-state index contributed by atoms with van der Waals surface area (Å²) in [5, 5.41) is 1.13. The quantitative estimate of drug-likeness (QED) is 0.735. The van der Waals surface area contributed by atoms with Gasteiger partial charge in [0.25, 0.3) is 0 Å². The molecule has 0 unspecified atom stereocenters. The van der Waals surface area contributed by atoms with Gasteiger partial charge in [0.1, 0.15) is 0 Å². The van der Waals surface area contributed by atoms with Crippen LogP contribution in [0.2, 0.25) is 10.0 Å². The first-order valence-corrected chi connectivity index (χ1v) is 4.62. The third-order valence-corrected chi connectivity index (χ3v) is 2.62. The van der Waals surface area contributed by atoms with Gasteiger partial charge in [0.15, 0.2) is 0 Å². The van der Waals surface area contributed by atoms with Gasteiger partial charge in [-0.05, 0) is 5.56 Å². The van der Waals surface area contributed by atoms with Crippen molar-refractivity contribution in [2.75, 3.05) is 0 Å². The minimum absolute atomic E-state index is 0.556. The number of benzene rings is 1. The van der Waals surface area contributed by atoms with Crippen LogP contribution >= 0.6 is 23.2 Å². The van der Waals surface area contributed by atoms with E-state index in [1.54, 1.807) is 6.20 Å². The molecule has 0 fully saturated rings. The summed E-state index contributed by atoms with van der Waals surface area (Å²) in [6, 6.07) is 9.84. The van der Waals surface area contributed by atoms with E-state index in [4.69, 9.17) is 23.2 Å². The van der Waals surface area contributed by atoms with Crippen molar-refractivity contribution in [2.45, 2.75) is 0 Å². The number of rotatable bonds is 1. The highest BCUT2D eigenvalue weighted by Gasteiger charge is 2.07. The normalized spacial score (nSPS) is 10.3. The molecule has 0 bridgehead atoms. The lowest BCUT2D eigenvalue weighted by Gasteiger charge is -1.97. The fraction of sp³-hybridized carbons (Fsp3) is 0. The maximum atomic E-state index is 5.98. The summed E-state index contributed by atoms with van der Waals surface area (Å²) in [7, 11) is 0. The minimum Gasteiger partial charge on any atom is -0.358 e. The van der Waals surface area contributed by atoms with E-state index >= 15 is 0 Å². The molecule has 1 N–H and O–H groups in total. The van der Waals surface area contributed by atoms with Crippen LogP contribution in [0.15, 0.2) is 36.5 Å². The minimum atomic E-state index is 0.556. The molecule has 0 aliphatic heterocycles. The summed E-state index contributed by atoms with van der Waals surface area (Å²) in [6.45, 7) is 0. The smallest absolute Gasteiger partial charge is 0.0847 e. The number of hydrogen-bond donors (Lipinski definition) is 1. The maximum absolute atomic E-state index is 5.98. The highest BCUT2D eigenvalue weighted by molar-refractivity contribution is 6.43. The molecule has 66 valence electrons. The van der Waals surface area contributed by atoms with Crippen molar-refractivity contribution < 1.29 is 0 Å². The molecule has 0 atom stereocenters. The lowest BCUT2D eigenvalue weighted by Crippen LogP contribution is -1.75. The number of hydrogen-bond acceptors (Lipinski definition) is 0. The fourth-order valence-electron chi connectivity index (χ4n) is 1.20. The zero-order valence-electron chi connectivity index (χ0n) is 6.72. The highest BCUT2D eigenvalue weighted by atomic mass is 35.5. The van der Waals surface area contributed by atoms with Crippen LogP contribution in [0.25, 0.3) is 11.3 Å². The average molecular weight is 212 g/mol. The van der Waals surface area contributed by atoms with Crippen LogP contribution < -0.4 is 0 Å². The molecule has 0 aliphatic rings. The number of aromatic nitrogens is 1. The third kappa shape index (κ3) is 1.58. The zero-order valence-corrected chi connectivity index (χ0v) is 8.23. The van der Waals surface area contributed by atoms with Crippen molar-refractivity contribution in [1.29, 1.82) is 0 Å². The van der Waals surface area contributed by atoms with E-state index in [1.165, 1.54) is 0 Å². The monoisotopic (exact) mass is 211 g/mol. The SMILES string of the molecule is Clc1c[nH]c(-c2ccccc2)c1Cl. The van der Waals surface area contributed by atoms with Gasteiger partial charge in [-0.2, -0.15) is 0 Å². The molecule has 0 saturated heterocycles. The number of halogens is 2. The first kappa shape index (κ1) is 8.67. The van der Waals surface area contributed by atoms with Crippen molar-refractivity contribution >= 4 is 23.2 Å². The van der Waals surface area contributed by atoms with Gasteiger partial charge in [0, 0.05) is 6.20 Å². The first-order chi connectivity index (χ1) is 6.29. The van der Waals surface area contributed by atoms with Gasteiger partial charge in [-0.3, -0.25) is 0 Å². The Morgan fingerprint density at radius 3 is 2.23 bits per heavy atom. The summed E-state index contributed by atoms with van der Waals surface area (Å²) in [5.74, 6) is 0. The van der Waals surface area contributed by atoms with E-state index in [9.17, 15) is 0 Å². The second-order valence-electron chi connectivity index (χ2n) is 2.69. The van der Waals surface area contributed by atoms with Gasteiger partial charge >= 0.3 is 0 Å². The van der Waals surface area contributed by atoms with Crippen LogP contribution in [0.5, 0.6) is 0 Å². The van der Waals surface area contributed by atoms with Crippen LogP contribution in [0, 0.1) is 0 Å². The molecule has 13 heavy (non-hydrogen) atoms. The van der Waals surface area contributed by atoms with E-state index in [-0.39, 0.29) is 0 Å². The summed E-state index contributed by atoms with van der Waals surface area (Å²) >= 11 is 11.8. The van der Waals surface area contributed by atoms with E-state index in [0.29, 0.717) is 10.0 Å². The molecular formula is C10H7Cl2N. The summed E-state index contributed by atoms with van der Waals surface area (Å²) < 4.78 is 0. The molecule has 0 aliphatic carbocycles. The largest absolute Gasteiger partial charge is 0.358 e. The van der Waals surface area contributed by atoms with Crippen LogP contribution in [-0.4, -0.2) is 4.98 Å². The van der Waals surface area contributed by atoms with Crippen molar-refractivity contribution in [1.82, 2.24) is 4.98 Å². The van der Waals surface area contributed by atoms with Gasteiger partial charge in [-0.15, -0.1) is 0 Å². The van der Waals surface area contributed by atoms with Gasteiger partial charge in [-0.1, -0.05) is 53.5 Å². The van der Waals surface area contributed by atoms with E-state index in [2.05, 4.69) is 4.98 Å². The predicted octanol–water partition coefficient (Wildman–Crippen LogP) is 3.99. The highest BCUT2D eigenvalue weighted by Crippen LogP contribution is 2.32. The Balaban J connectivity index is 2.53. The Morgan fingerprint density at radius 1 is 1.00 bits per heavy atom. The Labute approximate surface area is 86.3 Å². The third-order valence-electron chi connectivity index (χ3n) is 1.83. The standard InChI is InChI=1S/C10H7Cl2N/c11-8-6-13-10(9(8)12)7-4-2-1-3-5-7/h1-6,13H. The molecule has 1 nitrogen and oxygen atoms in total. The second kappa shape index (κ2) is 3.44. The Morgan fingerprint density at radius 2 is 1.69 bits per heavy atom. The Bertz CT molecular complexity index is 406. The van der Waals surface area contributed by atoms with Gasteiger partial charge in [0.2, 0.25) is 0 Å². The van der Waals surface area contributed by atoms with Gasteiger partial charge < -0.3 is 4.98 Å². The van der Waals surface area contributed by atoms with E-state index < -0.39 is 0 Å². The molecule has 1 aromatic carbocycles. The topological polar surface area (TPSA) is 15.8 Å². The van der Waals surface area contributed by atoms with E-state index in [1.807, 2.05) is 30.3 Å². The van der Waals surface area contributed by atoms with Crippen molar-refractivity contribution in [3.8, 4) is 11.3 Å². The summed E-state index contributed by atoms with van der Waals surface area (Å²) in [5.41, 5.74) is 1.91. The second-order valence-corrected chi connectivity index (χ2v) is 3.48. The first-order valence-electron chi connectivity index (χ1n) is 3.87. The van der Waals surface area contributed by atoms with Crippen molar-refractivity contribution in [3.63, 3.8) is 0 Å². The van der Waals surface area contributed by atoms with Crippen LogP contribution in [-0.2, 0) is 0 Å².